The van der Waals surface area contributed by atoms with Crippen molar-refractivity contribution in [3.8, 4) is 11.5 Å². The molecule has 0 fully saturated rings. The van der Waals surface area contributed by atoms with Gasteiger partial charge in [0.15, 0.2) is 13.6 Å². The van der Waals surface area contributed by atoms with Crippen LogP contribution in [0.5, 0.6) is 11.5 Å². The summed E-state index contributed by atoms with van der Waals surface area (Å²) in [4.78, 5) is 12.6. The number of benzene rings is 1. The topological polar surface area (TPSA) is 63.2 Å². The van der Waals surface area contributed by atoms with E-state index in [-0.39, 0.29) is 13.6 Å². The van der Waals surface area contributed by atoms with Crippen LogP contribution in [0.25, 0.3) is 0 Å². The lowest BCUT2D eigenvalue weighted by Gasteiger charge is -2.16. The first kappa shape index (κ1) is 22.0. The van der Waals surface area contributed by atoms with Crippen molar-refractivity contribution in [1.82, 2.24) is 0 Å². The predicted molar refractivity (Wildman–Crippen MR) is 99.8 cm³/mol. The van der Waals surface area contributed by atoms with E-state index in [1.54, 1.807) is 6.07 Å². The number of rotatable bonds is 13. The van der Waals surface area contributed by atoms with E-state index in [2.05, 4.69) is 0 Å². The number of carbonyl (C=O) groups excluding carboxylic acids is 1. The van der Waals surface area contributed by atoms with Gasteiger partial charge in [-0.25, -0.2) is 4.79 Å². The normalized spacial score (nSPS) is 10.9. The lowest BCUT2D eigenvalue weighted by atomic mass is 10.0. The molecule has 0 radical (unpaired) electrons. The molecule has 0 N–H and O–H groups in total. The summed E-state index contributed by atoms with van der Waals surface area (Å²) in [5, 5.41) is 0. The number of hydrogen-bond acceptors (Lipinski definition) is 6. The van der Waals surface area contributed by atoms with Crippen molar-refractivity contribution in [2.75, 3.05) is 33.4 Å². The number of carbonyl (C=O) groups is 1. The molecule has 146 valence electrons. The minimum absolute atomic E-state index is 0.0490. The van der Waals surface area contributed by atoms with Crippen molar-refractivity contribution < 1.29 is 28.5 Å². The number of hydrogen-bond donors (Lipinski definition) is 0. The molecule has 0 aliphatic rings. The molecule has 0 heterocycles. The summed E-state index contributed by atoms with van der Waals surface area (Å²) in [5.74, 6) is 0.557. The second-order valence-electron chi connectivity index (χ2n) is 5.31. The zero-order valence-corrected chi connectivity index (χ0v) is 16.2. The average molecular weight is 366 g/mol. The van der Waals surface area contributed by atoms with Crippen molar-refractivity contribution in [2.24, 2.45) is 0 Å². The third-order valence-corrected chi connectivity index (χ3v) is 3.51. The summed E-state index contributed by atoms with van der Waals surface area (Å²) in [6.07, 6.45) is 5.18. The molecule has 0 bridgehead atoms. The van der Waals surface area contributed by atoms with Crippen LogP contribution in [0.4, 0.5) is 0 Å². The second kappa shape index (κ2) is 13.2. The van der Waals surface area contributed by atoms with Crippen molar-refractivity contribution in [3.63, 3.8) is 0 Å². The van der Waals surface area contributed by atoms with Gasteiger partial charge in [0.25, 0.3) is 0 Å². The van der Waals surface area contributed by atoms with E-state index in [0.29, 0.717) is 49.7 Å². The molecule has 0 saturated heterocycles. The van der Waals surface area contributed by atoms with Gasteiger partial charge >= 0.3 is 5.97 Å². The van der Waals surface area contributed by atoms with Crippen molar-refractivity contribution in [1.29, 1.82) is 0 Å². The van der Waals surface area contributed by atoms with E-state index in [4.69, 9.17) is 23.7 Å². The van der Waals surface area contributed by atoms with Crippen LogP contribution in [0.15, 0.2) is 24.3 Å². The first-order chi connectivity index (χ1) is 12.7. The Morgan fingerprint density at radius 3 is 2.35 bits per heavy atom. The van der Waals surface area contributed by atoms with Gasteiger partial charge in [-0.3, -0.25) is 0 Å². The molecule has 0 saturated carbocycles. The smallest absolute Gasteiger partial charge is 0.342 e. The summed E-state index contributed by atoms with van der Waals surface area (Å²) >= 11 is 0. The van der Waals surface area contributed by atoms with Crippen LogP contribution in [0.1, 0.15) is 50.0 Å². The van der Waals surface area contributed by atoms with Crippen molar-refractivity contribution in [3.05, 3.63) is 35.4 Å². The van der Waals surface area contributed by atoms with Gasteiger partial charge in [0.1, 0.15) is 17.1 Å². The fourth-order valence-electron chi connectivity index (χ4n) is 2.19. The Bertz CT molecular complexity index is 568. The standard InChI is InChI=1S/C20H30O6/c1-5-9-10-11-24-20(21)19-16(6-2)12-17(25-14-22-7-3)13-18(19)26-15-23-8-4/h5,9,12-13H,6-8,10-11,14-15H2,1-4H3/b9-5+. The summed E-state index contributed by atoms with van der Waals surface area (Å²) in [6.45, 7) is 9.24. The zero-order valence-electron chi connectivity index (χ0n) is 16.2. The lowest BCUT2D eigenvalue weighted by molar-refractivity contribution is 0.0170. The highest BCUT2D eigenvalue weighted by molar-refractivity contribution is 5.94. The minimum atomic E-state index is -0.408. The molecule has 6 heteroatoms. The van der Waals surface area contributed by atoms with Crippen LogP contribution in [0.2, 0.25) is 0 Å². The highest BCUT2D eigenvalue weighted by atomic mass is 16.7. The van der Waals surface area contributed by atoms with E-state index in [1.165, 1.54) is 0 Å². The van der Waals surface area contributed by atoms with Crippen molar-refractivity contribution in [2.45, 2.75) is 40.5 Å². The average Bonchev–Trinajstić information content (AvgIpc) is 2.65. The Morgan fingerprint density at radius 1 is 1.04 bits per heavy atom. The fourth-order valence-corrected chi connectivity index (χ4v) is 2.19. The van der Waals surface area contributed by atoms with Crippen LogP contribution in [0.3, 0.4) is 0 Å². The fraction of sp³-hybridized carbons (Fsp3) is 0.550. The highest BCUT2D eigenvalue weighted by Crippen LogP contribution is 2.30. The molecule has 0 unspecified atom stereocenters. The van der Waals surface area contributed by atoms with Gasteiger partial charge in [0.05, 0.1) is 6.61 Å². The molecule has 1 rings (SSSR count). The maximum absolute atomic E-state index is 12.6. The molecule has 26 heavy (non-hydrogen) atoms. The molecule has 0 amide bonds. The Hall–Kier alpha value is -2.05. The van der Waals surface area contributed by atoms with Gasteiger partial charge in [-0.2, -0.15) is 0 Å². The second-order valence-corrected chi connectivity index (χ2v) is 5.31. The predicted octanol–water partition coefficient (Wildman–Crippen LogP) is 4.12. The van der Waals surface area contributed by atoms with E-state index in [0.717, 1.165) is 5.56 Å². The Morgan fingerprint density at radius 2 is 1.73 bits per heavy atom. The molecular formula is C20H30O6. The third-order valence-electron chi connectivity index (χ3n) is 3.51. The van der Waals surface area contributed by atoms with Crippen molar-refractivity contribution >= 4 is 5.97 Å². The first-order valence-corrected chi connectivity index (χ1v) is 9.04. The lowest BCUT2D eigenvalue weighted by Crippen LogP contribution is -2.14. The van der Waals surface area contributed by atoms with Crippen LogP contribution in [0, 0.1) is 0 Å². The van der Waals surface area contributed by atoms with Gasteiger partial charge < -0.3 is 23.7 Å². The van der Waals surface area contributed by atoms with E-state index in [9.17, 15) is 4.79 Å². The summed E-state index contributed by atoms with van der Waals surface area (Å²) in [6, 6.07) is 3.48. The maximum Gasteiger partial charge on any atom is 0.342 e. The molecule has 1 aromatic carbocycles. The van der Waals surface area contributed by atoms with E-state index >= 15 is 0 Å². The zero-order chi connectivity index (χ0) is 19.2. The van der Waals surface area contributed by atoms with E-state index in [1.807, 2.05) is 45.9 Å². The van der Waals surface area contributed by atoms with Crippen LogP contribution in [-0.2, 0) is 20.6 Å². The molecule has 0 atom stereocenters. The van der Waals surface area contributed by atoms with Gasteiger partial charge in [-0.05, 0) is 45.2 Å². The SMILES string of the molecule is C/C=C/CCOC(=O)c1c(CC)cc(OCOCC)cc1OCOCC. The molecular weight excluding hydrogens is 336 g/mol. The van der Waals surface area contributed by atoms with Gasteiger partial charge in [0, 0.05) is 19.3 Å². The summed E-state index contributed by atoms with van der Waals surface area (Å²) in [5.41, 5.74) is 1.21. The quantitative estimate of drug-likeness (QED) is 0.226. The monoisotopic (exact) mass is 366 g/mol. The highest BCUT2D eigenvalue weighted by Gasteiger charge is 2.20. The van der Waals surface area contributed by atoms with Gasteiger partial charge in [-0.1, -0.05) is 19.1 Å². The van der Waals surface area contributed by atoms with Crippen LogP contribution in [-0.4, -0.2) is 39.4 Å². The molecule has 0 aliphatic carbocycles. The number of ether oxygens (including phenoxy) is 5. The Kier molecular flexibility index (Phi) is 11.2. The maximum atomic E-state index is 12.6. The number of aryl methyl sites for hydroxylation is 1. The Labute approximate surface area is 156 Å². The minimum Gasteiger partial charge on any atom is -0.467 e. The number of allylic oxidation sites excluding steroid dienone is 1. The molecule has 6 nitrogen and oxygen atoms in total. The van der Waals surface area contributed by atoms with Gasteiger partial charge in [0.2, 0.25) is 0 Å². The molecule has 0 aliphatic heterocycles. The molecule has 0 spiro atoms. The molecule has 1 aromatic rings. The molecule has 0 aromatic heterocycles. The van der Waals surface area contributed by atoms with Crippen LogP contribution >= 0.6 is 0 Å². The summed E-state index contributed by atoms with van der Waals surface area (Å²) in [7, 11) is 0. The first-order valence-electron chi connectivity index (χ1n) is 9.04. The summed E-state index contributed by atoms with van der Waals surface area (Å²) < 4.78 is 27.1. The van der Waals surface area contributed by atoms with Crippen LogP contribution < -0.4 is 9.47 Å². The van der Waals surface area contributed by atoms with Gasteiger partial charge in [-0.15, -0.1) is 0 Å². The largest absolute Gasteiger partial charge is 0.467 e. The van der Waals surface area contributed by atoms with E-state index < -0.39 is 5.97 Å². The Balaban J connectivity index is 3.03. The number of esters is 1. The third kappa shape index (κ3) is 7.45.